The molecule has 1 amide bonds. The minimum Gasteiger partial charge on any atom is -0.391 e. The van der Waals surface area contributed by atoms with E-state index < -0.39 is 0 Å². The average Bonchev–Trinajstić information content (AvgIpc) is 2.17. The molecule has 0 unspecified atom stereocenters. The first-order valence-electron chi connectivity index (χ1n) is 5.79. The minimum absolute atomic E-state index is 0.155. The number of β-amino-alcohol motifs (C(OH)–C–C–N with tert-alkyl or cyclic N) is 1. The molecular weight excluding hydrogens is 192 g/mol. The SMILES string of the molecule is CC(C)NCCC(=O)N1CCC[C@H](O)C1. The van der Waals surface area contributed by atoms with Crippen LogP contribution >= 0.6 is 0 Å². The Morgan fingerprint density at radius 2 is 2.33 bits per heavy atom. The van der Waals surface area contributed by atoms with Crippen molar-refractivity contribution < 1.29 is 9.90 Å². The smallest absolute Gasteiger partial charge is 0.223 e. The number of likely N-dealkylation sites (tertiary alicyclic amines) is 1. The van der Waals surface area contributed by atoms with Gasteiger partial charge >= 0.3 is 0 Å². The number of aliphatic hydroxyl groups excluding tert-OH is 1. The van der Waals surface area contributed by atoms with E-state index in [1.54, 1.807) is 4.90 Å². The van der Waals surface area contributed by atoms with Crippen LogP contribution in [-0.4, -0.2) is 47.7 Å². The van der Waals surface area contributed by atoms with Crippen molar-refractivity contribution in [3.8, 4) is 0 Å². The lowest BCUT2D eigenvalue weighted by atomic mass is 10.1. The third kappa shape index (κ3) is 4.62. The molecule has 1 fully saturated rings. The highest BCUT2D eigenvalue weighted by Crippen LogP contribution is 2.10. The molecule has 1 saturated heterocycles. The number of aliphatic hydroxyl groups is 1. The molecule has 15 heavy (non-hydrogen) atoms. The third-order valence-electron chi connectivity index (χ3n) is 2.64. The number of hydrogen-bond acceptors (Lipinski definition) is 3. The lowest BCUT2D eigenvalue weighted by Crippen LogP contribution is -2.43. The van der Waals surface area contributed by atoms with Crippen molar-refractivity contribution in [3.05, 3.63) is 0 Å². The maximum Gasteiger partial charge on any atom is 0.223 e. The summed E-state index contributed by atoms with van der Waals surface area (Å²) in [5.74, 6) is 0.155. The molecule has 1 heterocycles. The van der Waals surface area contributed by atoms with Gasteiger partial charge in [-0.05, 0) is 12.8 Å². The molecule has 1 atom stereocenters. The van der Waals surface area contributed by atoms with Crippen molar-refractivity contribution in [3.63, 3.8) is 0 Å². The maximum absolute atomic E-state index is 11.7. The molecule has 2 N–H and O–H groups in total. The van der Waals surface area contributed by atoms with Gasteiger partial charge in [0.1, 0.15) is 0 Å². The first-order chi connectivity index (χ1) is 7.09. The number of nitrogens with one attached hydrogen (secondary N) is 1. The fraction of sp³-hybridized carbons (Fsp3) is 0.909. The van der Waals surface area contributed by atoms with Crippen molar-refractivity contribution in [2.75, 3.05) is 19.6 Å². The van der Waals surface area contributed by atoms with Gasteiger partial charge < -0.3 is 15.3 Å². The number of rotatable bonds is 4. The van der Waals surface area contributed by atoms with Crippen LogP contribution in [0.3, 0.4) is 0 Å². The Kier molecular flexibility index (Phi) is 5.05. The number of amides is 1. The van der Waals surface area contributed by atoms with E-state index in [0.29, 0.717) is 19.0 Å². The number of carbonyl (C=O) groups excluding carboxylic acids is 1. The number of piperidine rings is 1. The van der Waals surface area contributed by atoms with E-state index in [9.17, 15) is 9.90 Å². The van der Waals surface area contributed by atoms with Gasteiger partial charge in [0.25, 0.3) is 0 Å². The molecule has 4 heteroatoms. The van der Waals surface area contributed by atoms with Crippen molar-refractivity contribution in [2.45, 2.75) is 45.3 Å². The van der Waals surface area contributed by atoms with Crippen molar-refractivity contribution in [2.24, 2.45) is 0 Å². The minimum atomic E-state index is -0.319. The summed E-state index contributed by atoms with van der Waals surface area (Å²) in [6, 6.07) is 0.421. The predicted molar refractivity (Wildman–Crippen MR) is 59.6 cm³/mol. The van der Waals surface area contributed by atoms with Gasteiger partial charge in [-0.25, -0.2) is 0 Å². The molecule has 1 aliphatic rings. The molecule has 0 bridgehead atoms. The molecule has 1 aliphatic heterocycles. The summed E-state index contributed by atoms with van der Waals surface area (Å²) < 4.78 is 0. The summed E-state index contributed by atoms with van der Waals surface area (Å²) in [5, 5.41) is 12.6. The molecule has 88 valence electrons. The summed E-state index contributed by atoms with van der Waals surface area (Å²) in [7, 11) is 0. The lowest BCUT2D eigenvalue weighted by molar-refractivity contribution is -0.134. The van der Waals surface area contributed by atoms with Crippen LogP contribution in [0.2, 0.25) is 0 Å². The Morgan fingerprint density at radius 3 is 2.93 bits per heavy atom. The molecule has 0 saturated carbocycles. The largest absolute Gasteiger partial charge is 0.391 e. The van der Waals surface area contributed by atoms with Crippen LogP contribution < -0.4 is 5.32 Å². The fourth-order valence-electron chi connectivity index (χ4n) is 1.81. The molecule has 0 aromatic heterocycles. The number of nitrogens with zero attached hydrogens (tertiary/aromatic N) is 1. The molecule has 4 nitrogen and oxygen atoms in total. The Bertz CT molecular complexity index is 207. The second-order valence-electron chi connectivity index (χ2n) is 4.49. The number of carbonyl (C=O) groups is 1. The summed E-state index contributed by atoms with van der Waals surface area (Å²) in [6.07, 6.45) is 1.96. The summed E-state index contributed by atoms with van der Waals surface area (Å²) in [4.78, 5) is 13.5. The Hall–Kier alpha value is -0.610. The molecule has 0 aliphatic carbocycles. The molecule has 0 spiro atoms. The first kappa shape index (κ1) is 12.5. The molecule has 0 aromatic rings. The summed E-state index contributed by atoms with van der Waals surface area (Å²) in [6.45, 7) is 6.17. The van der Waals surface area contributed by atoms with Crippen LogP contribution in [0, 0.1) is 0 Å². The molecule has 0 aromatic carbocycles. The van der Waals surface area contributed by atoms with E-state index in [2.05, 4.69) is 19.2 Å². The second-order valence-corrected chi connectivity index (χ2v) is 4.49. The van der Waals surface area contributed by atoms with E-state index >= 15 is 0 Å². The Morgan fingerprint density at radius 1 is 1.60 bits per heavy atom. The zero-order valence-corrected chi connectivity index (χ0v) is 9.70. The van der Waals surface area contributed by atoms with E-state index in [-0.39, 0.29) is 12.0 Å². The molecule has 1 rings (SSSR count). The summed E-state index contributed by atoms with van der Waals surface area (Å²) in [5.41, 5.74) is 0. The van der Waals surface area contributed by atoms with Crippen molar-refractivity contribution in [1.82, 2.24) is 10.2 Å². The monoisotopic (exact) mass is 214 g/mol. The van der Waals surface area contributed by atoms with Crippen LogP contribution in [0.1, 0.15) is 33.1 Å². The highest BCUT2D eigenvalue weighted by molar-refractivity contribution is 5.76. The van der Waals surface area contributed by atoms with Gasteiger partial charge in [0, 0.05) is 32.1 Å². The standard InChI is InChI=1S/C11H22N2O2/c1-9(2)12-6-5-11(15)13-7-3-4-10(14)8-13/h9-10,12,14H,3-8H2,1-2H3/t10-/m0/s1. The zero-order chi connectivity index (χ0) is 11.3. The Balaban J connectivity index is 2.21. The number of hydrogen-bond donors (Lipinski definition) is 2. The van der Waals surface area contributed by atoms with Crippen molar-refractivity contribution >= 4 is 5.91 Å². The van der Waals surface area contributed by atoms with E-state index in [4.69, 9.17) is 0 Å². The van der Waals surface area contributed by atoms with Gasteiger partial charge in [-0.15, -0.1) is 0 Å². The predicted octanol–water partition coefficient (Wildman–Crippen LogP) is 0.358. The van der Waals surface area contributed by atoms with E-state index in [0.717, 1.165) is 25.9 Å². The zero-order valence-electron chi connectivity index (χ0n) is 9.70. The normalized spacial score (nSPS) is 22.1. The highest BCUT2D eigenvalue weighted by Gasteiger charge is 2.21. The quantitative estimate of drug-likeness (QED) is 0.710. The van der Waals surface area contributed by atoms with Gasteiger partial charge in [-0.1, -0.05) is 13.8 Å². The van der Waals surface area contributed by atoms with Crippen LogP contribution in [-0.2, 0) is 4.79 Å². The maximum atomic E-state index is 11.7. The van der Waals surface area contributed by atoms with Gasteiger partial charge in [0.15, 0.2) is 0 Å². The van der Waals surface area contributed by atoms with Crippen LogP contribution in [0.15, 0.2) is 0 Å². The van der Waals surface area contributed by atoms with Crippen LogP contribution in [0.4, 0.5) is 0 Å². The van der Waals surface area contributed by atoms with Gasteiger partial charge in [0.05, 0.1) is 6.10 Å². The first-order valence-corrected chi connectivity index (χ1v) is 5.79. The van der Waals surface area contributed by atoms with Crippen LogP contribution in [0.5, 0.6) is 0 Å². The van der Waals surface area contributed by atoms with E-state index in [1.807, 2.05) is 0 Å². The second kappa shape index (κ2) is 6.08. The fourth-order valence-corrected chi connectivity index (χ4v) is 1.81. The third-order valence-corrected chi connectivity index (χ3v) is 2.64. The molecule has 0 radical (unpaired) electrons. The Labute approximate surface area is 91.6 Å². The van der Waals surface area contributed by atoms with Gasteiger partial charge in [-0.2, -0.15) is 0 Å². The summed E-state index contributed by atoms with van der Waals surface area (Å²) >= 11 is 0. The topological polar surface area (TPSA) is 52.6 Å². The van der Waals surface area contributed by atoms with E-state index in [1.165, 1.54) is 0 Å². The van der Waals surface area contributed by atoms with Crippen LogP contribution in [0.25, 0.3) is 0 Å². The molecular formula is C11H22N2O2. The van der Waals surface area contributed by atoms with Gasteiger partial charge in [0.2, 0.25) is 5.91 Å². The highest BCUT2D eigenvalue weighted by atomic mass is 16.3. The average molecular weight is 214 g/mol. The van der Waals surface area contributed by atoms with Gasteiger partial charge in [-0.3, -0.25) is 4.79 Å². The lowest BCUT2D eigenvalue weighted by Gasteiger charge is -2.30. The van der Waals surface area contributed by atoms with Crippen molar-refractivity contribution in [1.29, 1.82) is 0 Å².